The Morgan fingerprint density at radius 1 is 1.08 bits per heavy atom. The summed E-state index contributed by atoms with van der Waals surface area (Å²) in [5, 5.41) is 10.9. The van der Waals surface area contributed by atoms with Crippen LogP contribution in [0.4, 0.5) is 5.69 Å². The number of ether oxygens (including phenoxy) is 1. The molecule has 1 aromatic heterocycles. The predicted molar refractivity (Wildman–Crippen MR) is 96.8 cm³/mol. The molecule has 1 heterocycles. The molecule has 2 aromatic carbocycles. The van der Waals surface area contributed by atoms with E-state index in [1.165, 1.54) is 23.1 Å². The van der Waals surface area contributed by atoms with Crippen LogP contribution in [0, 0.1) is 0 Å². The van der Waals surface area contributed by atoms with E-state index in [1.807, 2.05) is 0 Å². The van der Waals surface area contributed by atoms with Gasteiger partial charge in [0.2, 0.25) is 0 Å². The lowest BCUT2D eigenvalue weighted by atomic mass is 10.3. The third-order valence-electron chi connectivity index (χ3n) is 3.63. The maximum absolute atomic E-state index is 12.5. The molecular formula is C17H19N5O3S. The van der Waals surface area contributed by atoms with Gasteiger partial charge in [0.05, 0.1) is 17.2 Å². The quantitative estimate of drug-likeness (QED) is 0.610. The lowest BCUT2D eigenvalue weighted by molar-refractivity contribution is 0.309. The average Bonchev–Trinajstić information content (AvgIpc) is 3.18. The summed E-state index contributed by atoms with van der Waals surface area (Å²) >= 11 is 0. The van der Waals surface area contributed by atoms with E-state index >= 15 is 0 Å². The third-order valence-corrected chi connectivity index (χ3v) is 5.03. The summed E-state index contributed by atoms with van der Waals surface area (Å²) in [6, 6.07) is 13.1. The molecule has 1 N–H and O–H groups in total. The van der Waals surface area contributed by atoms with Crippen molar-refractivity contribution in [3.63, 3.8) is 0 Å². The minimum Gasteiger partial charge on any atom is -0.494 e. The molecule has 0 atom stereocenters. The third kappa shape index (κ3) is 4.37. The standard InChI is InChI=1S/C17H19N5O3S/c1-2-3-12-25-16-8-4-14(5-9-16)19-26(23,24)17-10-6-15(7-11-17)22-13-18-20-21-22/h4-11,13,19H,2-3,12H2,1H3. The van der Waals surface area contributed by atoms with Crippen molar-refractivity contribution in [3.05, 3.63) is 54.9 Å². The molecular weight excluding hydrogens is 354 g/mol. The van der Waals surface area contributed by atoms with E-state index in [-0.39, 0.29) is 4.90 Å². The molecule has 0 aliphatic rings. The SMILES string of the molecule is CCCCOc1ccc(NS(=O)(=O)c2ccc(-n3cnnn3)cc2)cc1. The number of unbranched alkanes of at least 4 members (excludes halogenated alkanes) is 1. The number of benzene rings is 2. The Bertz CT molecular complexity index is 924. The fourth-order valence-corrected chi connectivity index (χ4v) is 3.28. The maximum Gasteiger partial charge on any atom is 0.261 e. The molecule has 9 heteroatoms. The van der Waals surface area contributed by atoms with Crippen LogP contribution in [-0.2, 0) is 10.0 Å². The topological polar surface area (TPSA) is 99.0 Å². The maximum atomic E-state index is 12.5. The van der Waals surface area contributed by atoms with Gasteiger partial charge in [-0.1, -0.05) is 13.3 Å². The number of anilines is 1. The number of nitrogens with one attached hydrogen (secondary N) is 1. The van der Waals surface area contributed by atoms with Gasteiger partial charge in [-0.15, -0.1) is 5.10 Å². The molecule has 0 bridgehead atoms. The molecule has 0 saturated carbocycles. The van der Waals surface area contributed by atoms with Crippen LogP contribution in [0.2, 0.25) is 0 Å². The average molecular weight is 373 g/mol. The van der Waals surface area contributed by atoms with Gasteiger partial charge >= 0.3 is 0 Å². The van der Waals surface area contributed by atoms with Gasteiger partial charge in [-0.3, -0.25) is 4.72 Å². The number of aromatic nitrogens is 4. The molecule has 0 saturated heterocycles. The Morgan fingerprint density at radius 2 is 1.81 bits per heavy atom. The van der Waals surface area contributed by atoms with Crippen LogP contribution < -0.4 is 9.46 Å². The van der Waals surface area contributed by atoms with Gasteiger partial charge in [0, 0.05) is 5.69 Å². The highest BCUT2D eigenvalue weighted by molar-refractivity contribution is 7.92. The molecule has 8 nitrogen and oxygen atoms in total. The zero-order valence-electron chi connectivity index (χ0n) is 14.2. The van der Waals surface area contributed by atoms with Crippen LogP contribution in [-0.4, -0.2) is 35.2 Å². The van der Waals surface area contributed by atoms with Gasteiger partial charge < -0.3 is 4.74 Å². The van der Waals surface area contributed by atoms with Crippen molar-refractivity contribution in [1.29, 1.82) is 0 Å². The van der Waals surface area contributed by atoms with E-state index < -0.39 is 10.0 Å². The highest BCUT2D eigenvalue weighted by Crippen LogP contribution is 2.20. The first kappa shape index (κ1) is 17.9. The normalized spacial score (nSPS) is 11.3. The van der Waals surface area contributed by atoms with Gasteiger partial charge in [-0.25, -0.2) is 13.1 Å². The molecule has 0 spiro atoms. The van der Waals surface area contributed by atoms with Gasteiger partial charge in [-0.05, 0) is 65.4 Å². The van der Waals surface area contributed by atoms with E-state index in [1.54, 1.807) is 36.4 Å². The fourth-order valence-electron chi connectivity index (χ4n) is 2.23. The molecule has 136 valence electrons. The monoisotopic (exact) mass is 373 g/mol. The summed E-state index contributed by atoms with van der Waals surface area (Å²) in [4.78, 5) is 0.151. The Hall–Kier alpha value is -2.94. The van der Waals surface area contributed by atoms with Crippen LogP contribution >= 0.6 is 0 Å². The minimum absolute atomic E-state index is 0.151. The van der Waals surface area contributed by atoms with Crippen LogP contribution in [0.5, 0.6) is 5.75 Å². The smallest absolute Gasteiger partial charge is 0.261 e. The van der Waals surface area contributed by atoms with Gasteiger partial charge in [0.1, 0.15) is 12.1 Å². The van der Waals surface area contributed by atoms with Gasteiger partial charge in [0.15, 0.2) is 0 Å². The fraction of sp³-hybridized carbons (Fsp3) is 0.235. The van der Waals surface area contributed by atoms with Gasteiger partial charge in [-0.2, -0.15) is 0 Å². The summed E-state index contributed by atoms with van der Waals surface area (Å²) in [6.07, 6.45) is 3.48. The predicted octanol–water partition coefficient (Wildman–Crippen LogP) is 2.64. The zero-order valence-corrected chi connectivity index (χ0v) is 15.1. The molecule has 3 aromatic rings. The molecule has 0 aliphatic heterocycles. The first-order chi connectivity index (χ1) is 12.6. The van der Waals surface area contributed by atoms with E-state index in [4.69, 9.17) is 4.74 Å². The number of hydrogen-bond acceptors (Lipinski definition) is 6. The largest absolute Gasteiger partial charge is 0.494 e. The van der Waals surface area contributed by atoms with E-state index in [9.17, 15) is 8.42 Å². The number of hydrogen-bond donors (Lipinski definition) is 1. The molecule has 0 unspecified atom stereocenters. The molecule has 0 radical (unpaired) electrons. The summed E-state index contributed by atoms with van der Waals surface area (Å²) < 4.78 is 34.6. The summed E-state index contributed by atoms with van der Waals surface area (Å²) in [6.45, 7) is 2.74. The van der Waals surface area contributed by atoms with E-state index in [2.05, 4.69) is 27.2 Å². The van der Waals surface area contributed by atoms with Crippen molar-refractivity contribution < 1.29 is 13.2 Å². The summed E-state index contributed by atoms with van der Waals surface area (Å²) in [5.74, 6) is 0.715. The Labute approximate surface area is 151 Å². The van der Waals surface area contributed by atoms with Crippen molar-refractivity contribution in [2.24, 2.45) is 0 Å². The van der Waals surface area contributed by atoms with Gasteiger partial charge in [0.25, 0.3) is 10.0 Å². The molecule has 0 aliphatic carbocycles. The number of tetrazole rings is 1. The molecule has 26 heavy (non-hydrogen) atoms. The van der Waals surface area contributed by atoms with Crippen molar-refractivity contribution in [2.45, 2.75) is 24.7 Å². The van der Waals surface area contributed by atoms with Crippen LogP contribution in [0.1, 0.15) is 19.8 Å². The zero-order chi connectivity index (χ0) is 18.4. The number of sulfonamides is 1. The van der Waals surface area contributed by atoms with Crippen molar-refractivity contribution >= 4 is 15.7 Å². The first-order valence-corrected chi connectivity index (χ1v) is 9.66. The van der Waals surface area contributed by atoms with Crippen LogP contribution in [0.15, 0.2) is 59.8 Å². The Morgan fingerprint density at radius 3 is 2.42 bits per heavy atom. The second-order valence-corrected chi connectivity index (χ2v) is 7.26. The minimum atomic E-state index is -3.68. The Kier molecular flexibility index (Phi) is 5.47. The second-order valence-electron chi connectivity index (χ2n) is 5.58. The van der Waals surface area contributed by atoms with Crippen molar-refractivity contribution in [1.82, 2.24) is 20.2 Å². The van der Waals surface area contributed by atoms with Crippen LogP contribution in [0.25, 0.3) is 5.69 Å². The summed E-state index contributed by atoms with van der Waals surface area (Å²) in [5.41, 5.74) is 1.14. The van der Waals surface area contributed by atoms with E-state index in [0.29, 0.717) is 23.7 Å². The number of rotatable bonds is 8. The van der Waals surface area contributed by atoms with E-state index in [0.717, 1.165) is 12.8 Å². The molecule has 3 rings (SSSR count). The molecule has 0 fully saturated rings. The van der Waals surface area contributed by atoms with Crippen molar-refractivity contribution in [3.8, 4) is 11.4 Å². The highest BCUT2D eigenvalue weighted by Gasteiger charge is 2.14. The lowest BCUT2D eigenvalue weighted by Crippen LogP contribution is -2.13. The second kappa shape index (κ2) is 7.96. The first-order valence-electron chi connectivity index (χ1n) is 8.17. The lowest BCUT2D eigenvalue weighted by Gasteiger charge is -2.10. The van der Waals surface area contributed by atoms with Crippen LogP contribution in [0.3, 0.4) is 0 Å². The van der Waals surface area contributed by atoms with Crippen molar-refractivity contribution in [2.75, 3.05) is 11.3 Å². The number of nitrogens with zero attached hydrogens (tertiary/aromatic N) is 4. The Balaban J connectivity index is 1.68. The summed E-state index contributed by atoms with van der Waals surface area (Å²) in [7, 11) is -3.68. The highest BCUT2D eigenvalue weighted by atomic mass is 32.2. The molecule has 0 amide bonds.